The van der Waals surface area contributed by atoms with E-state index < -0.39 is 5.97 Å². The highest BCUT2D eigenvalue weighted by molar-refractivity contribution is 6.07. The average Bonchev–Trinajstić information content (AvgIpc) is 2.99. The monoisotopic (exact) mass is 410 g/mol. The van der Waals surface area contributed by atoms with Crippen LogP contribution in [0.2, 0.25) is 0 Å². The lowest BCUT2D eigenvalue weighted by Crippen LogP contribution is -1.98. The second-order valence-electron chi connectivity index (χ2n) is 8.18. The van der Waals surface area contributed by atoms with Gasteiger partial charge in [0.2, 0.25) is 0 Å². The summed E-state index contributed by atoms with van der Waals surface area (Å²) in [6.45, 7) is 6.32. The molecule has 1 N–H and O–H groups in total. The smallest absolute Gasteiger partial charge is 0.307 e. The summed E-state index contributed by atoms with van der Waals surface area (Å²) in [5, 5.41) is 9.48. The van der Waals surface area contributed by atoms with Crippen molar-refractivity contribution in [3.63, 3.8) is 0 Å². The second-order valence-corrected chi connectivity index (χ2v) is 8.18. The molecule has 1 aliphatic carbocycles. The lowest BCUT2D eigenvalue weighted by molar-refractivity contribution is -0.135. The topological polar surface area (TPSA) is 46.5 Å². The van der Waals surface area contributed by atoms with Crippen molar-refractivity contribution in [3.8, 4) is 11.5 Å². The molecule has 156 valence electrons. The third-order valence-electron chi connectivity index (χ3n) is 5.66. The van der Waals surface area contributed by atoms with Gasteiger partial charge in [-0.15, -0.1) is 0 Å². The molecule has 0 aliphatic heterocycles. The molecular weight excluding hydrogens is 384 g/mol. The molecule has 0 aromatic heterocycles. The van der Waals surface area contributed by atoms with Crippen molar-refractivity contribution >= 4 is 23.2 Å². The van der Waals surface area contributed by atoms with Crippen LogP contribution in [0.15, 0.2) is 78.4 Å². The summed E-state index contributed by atoms with van der Waals surface area (Å²) >= 11 is 0. The number of rotatable bonds is 6. The summed E-state index contributed by atoms with van der Waals surface area (Å²) in [5.74, 6) is 1.13. The molecule has 0 unspecified atom stereocenters. The molecule has 0 atom stereocenters. The molecule has 0 heterocycles. The van der Waals surface area contributed by atoms with Crippen molar-refractivity contribution in [2.75, 3.05) is 0 Å². The first kappa shape index (κ1) is 20.7. The largest absolute Gasteiger partial charge is 0.481 e. The Hall–Kier alpha value is -3.59. The molecule has 3 nitrogen and oxygen atoms in total. The van der Waals surface area contributed by atoms with E-state index in [9.17, 15) is 9.90 Å². The molecule has 3 aromatic carbocycles. The van der Waals surface area contributed by atoms with Crippen molar-refractivity contribution < 1.29 is 14.6 Å². The molecule has 3 heteroatoms. The molecule has 0 spiro atoms. The molecule has 0 saturated carbocycles. The van der Waals surface area contributed by atoms with Gasteiger partial charge in [-0.05, 0) is 82.2 Å². The van der Waals surface area contributed by atoms with E-state index in [1.807, 2.05) is 61.5 Å². The van der Waals surface area contributed by atoms with Crippen molar-refractivity contribution in [1.82, 2.24) is 0 Å². The molecule has 0 amide bonds. The van der Waals surface area contributed by atoms with Gasteiger partial charge in [0, 0.05) is 0 Å². The summed E-state index contributed by atoms with van der Waals surface area (Å²) in [7, 11) is 0. The van der Waals surface area contributed by atoms with Crippen LogP contribution in [0.4, 0.5) is 0 Å². The fraction of sp³-hybridized carbons (Fsp3) is 0.179. The van der Waals surface area contributed by atoms with E-state index in [0.717, 1.165) is 44.9 Å². The minimum Gasteiger partial charge on any atom is -0.481 e. The number of ether oxygens (including phenoxy) is 1. The average molecular weight is 411 g/mol. The Bertz CT molecular complexity index is 1180. The van der Waals surface area contributed by atoms with E-state index in [0.29, 0.717) is 5.92 Å². The lowest BCUT2D eigenvalue weighted by atomic mass is 9.94. The first-order valence-corrected chi connectivity index (χ1v) is 10.5. The van der Waals surface area contributed by atoms with Gasteiger partial charge in [-0.25, -0.2) is 0 Å². The van der Waals surface area contributed by atoms with Gasteiger partial charge in [0.05, 0.1) is 6.42 Å². The Balaban J connectivity index is 1.75. The maximum Gasteiger partial charge on any atom is 0.307 e. The number of carboxylic acids is 1. The standard InChI is InChI=1S/C28H26O3/c1-18(2)21-12-13-24-25(19(3)26(17-28(29)30)27(24)16-21)15-20-8-7-11-23(14-20)31-22-9-5-4-6-10-22/h4-16,18H,17H2,1-3H3,(H,29,30)/b25-15-. The Morgan fingerprint density at radius 2 is 1.68 bits per heavy atom. The first-order chi connectivity index (χ1) is 14.9. The molecule has 0 radical (unpaired) electrons. The van der Waals surface area contributed by atoms with Gasteiger partial charge >= 0.3 is 5.97 Å². The Morgan fingerprint density at radius 1 is 0.935 bits per heavy atom. The fourth-order valence-electron chi connectivity index (χ4n) is 4.00. The van der Waals surface area contributed by atoms with Crippen LogP contribution < -0.4 is 4.74 Å². The van der Waals surface area contributed by atoms with Crippen molar-refractivity contribution in [1.29, 1.82) is 0 Å². The summed E-state index contributed by atoms with van der Waals surface area (Å²) in [6.07, 6.45) is 2.14. The van der Waals surface area contributed by atoms with Gasteiger partial charge in [0.15, 0.2) is 0 Å². The predicted octanol–water partition coefficient (Wildman–Crippen LogP) is 7.40. The van der Waals surface area contributed by atoms with E-state index in [4.69, 9.17) is 4.74 Å². The number of carbonyl (C=O) groups is 1. The Labute approximate surface area is 183 Å². The minimum absolute atomic E-state index is 0.0227. The van der Waals surface area contributed by atoms with Gasteiger partial charge in [0.25, 0.3) is 0 Å². The normalized spacial score (nSPS) is 14.3. The lowest BCUT2D eigenvalue weighted by Gasteiger charge is -2.11. The minimum atomic E-state index is -0.810. The van der Waals surface area contributed by atoms with Crippen LogP contribution in [-0.4, -0.2) is 11.1 Å². The van der Waals surface area contributed by atoms with E-state index in [-0.39, 0.29) is 6.42 Å². The number of carboxylic acid groups (broad SMARTS) is 1. The third-order valence-corrected chi connectivity index (χ3v) is 5.66. The quantitative estimate of drug-likeness (QED) is 0.460. The number of para-hydroxylation sites is 1. The van der Waals surface area contributed by atoms with Crippen LogP contribution in [0, 0.1) is 0 Å². The highest BCUT2D eigenvalue weighted by Crippen LogP contribution is 2.44. The van der Waals surface area contributed by atoms with E-state index >= 15 is 0 Å². The second kappa shape index (κ2) is 8.65. The van der Waals surface area contributed by atoms with E-state index in [1.165, 1.54) is 5.56 Å². The first-order valence-electron chi connectivity index (χ1n) is 10.5. The summed E-state index contributed by atoms with van der Waals surface area (Å²) < 4.78 is 5.98. The van der Waals surface area contributed by atoms with Crippen LogP contribution in [0.1, 0.15) is 55.4 Å². The highest BCUT2D eigenvalue weighted by Gasteiger charge is 2.25. The molecule has 31 heavy (non-hydrogen) atoms. The SMILES string of the molecule is CC1=C(CC(=O)O)c2cc(C(C)C)ccc2/C1=C\c1cccc(Oc2ccccc2)c1. The van der Waals surface area contributed by atoms with E-state index in [1.54, 1.807) is 0 Å². The molecule has 3 aromatic rings. The Kier molecular flexibility index (Phi) is 5.77. The third kappa shape index (κ3) is 4.46. The predicted molar refractivity (Wildman–Crippen MR) is 126 cm³/mol. The van der Waals surface area contributed by atoms with Gasteiger partial charge in [-0.2, -0.15) is 0 Å². The number of aliphatic carboxylic acids is 1. The Morgan fingerprint density at radius 3 is 2.39 bits per heavy atom. The van der Waals surface area contributed by atoms with Crippen LogP contribution in [0.5, 0.6) is 11.5 Å². The van der Waals surface area contributed by atoms with Crippen LogP contribution in [0.3, 0.4) is 0 Å². The number of benzene rings is 3. The van der Waals surface area contributed by atoms with Gasteiger partial charge in [0.1, 0.15) is 11.5 Å². The van der Waals surface area contributed by atoms with Crippen LogP contribution in [0.25, 0.3) is 17.2 Å². The van der Waals surface area contributed by atoms with Gasteiger partial charge < -0.3 is 9.84 Å². The van der Waals surface area contributed by atoms with Crippen molar-refractivity contribution in [2.45, 2.75) is 33.1 Å². The number of fused-ring (bicyclic) bond motifs is 1. The zero-order chi connectivity index (χ0) is 22.0. The number of allylic oxidation sites excluding steroid dienone is 2. The van der Waals surface area contributed by atoms with Crippen molar-refractivity contribution in [3.05, 3.63) is 101 Å². The van der Waals surface area contributed by atoms with Crippen molar-refractivity contribution in [2.24, 2.45) is 0 Å². The van der Waals surface area contributed by atoms with Gasteiger partial charge in [-0.1, -0.05) is 62.4 Å². The fourth-order valence-corrected chi connectivity index (χ4v) is 4.00. The van der Waals surface area contributed by atoms with Crippen LogP contribution >= 0.6 is 0 Å². The molecule has 0 saturated heterocycles. The molecular formula is C28H26O3. The van der Waals surface area contributed by atoms with E-state index in [2.05, 4.69) is 38.1 Å². The van der Waals surface area contributed by atoms with Crippen LogP contribution in [-0.2, 0) is 4.79 Å². The summed E-state index contributed by atoms with van der Waals surface area (Å²) in [6, 6.07) is 24.1. The van der Waals surface area contributed by atoms with Gasteiger partial charge in [-0.3, -0.25) is 4.79 Å². The summed E-state index contributed by atoms with van der Waals surface area (Å²) in [4.78, 5) is 11.5. The maximum atomic E-state index is 11.5. The maximum absolute atomic E-state index is 11.5. The molecule has 4 rings (SSSR count). The molecule has 0 bridgehead atoms. The summed E-state index contributed by atoms with van der Waals surface area (Å²) in [5.41, 5.74) is 7.34. The molecule has 1 aliphatic rings. The molecule has 0 fully saturated rings. The zero-order valence-corrected chi connectivity index (χ0v) is 18.1. The number of hydrogen-bond acceptors (Lipinski definition) is 2. The highest BCUT2D eigenvalue weighted by atomic mass is 16.5. The zero-order valence-electron chi connectivity index (χ0n) is 18.1. The number of hydrogen-bond donors (Lipinski definition) is 1.